The van der Waals surface area contributed by atoms with Crippen molar-refractivity contribution >= 4 is 42.0 Å². The zero-order valence-electron chi connectivity index (χ0n) is 21.8. The molecular formula is C24H35ClN7O4P. The Balaban J connectivity index is 1.76. The second kappa shape index (κ2) is 12.3. The Bertz CT molecular complexity index is 1250. The Labute approximate surface area is 222 Å². The standard InChI is InChI=1S/C24H35ClN7O4P/c1-6-11-35-23(33)24(4,5)31-37(34,30-17(3)18-7-9-19(25)10-8-18)15-36-16(2)12-32-14-29-20-21(26)27-13-28-22(20)32/h7-10,13-14,16-17H,6,11-12,15H2,1-5H3,(H2,26,27,28)(H2,30,31,34)/t16-,17+,37+/m1/s1. The van der Waals surface area contributed by atoms with Gasteiger partial charge in [-0.2, -0.15) is 0 Å². The van der Waals surface area contributed by atoms with Crippen LogP contribution < -0.4 is 15.9 Å². The van der Waals surface area contributed by atoms with E-state index >= 15 is 0 Å². The third-order valence-electron chi connectivity index (χ3n) is 5.60. The van der Waals surface area contributed by atoms with Gasteiger partial charge in [0.2, 0.25) is 7.44 Å². The van der Waals surface area contributed by atoms with E-state index in [1.54, 1.807) is 36.9 Å². The number of nitrogens with zero attached hydrogens (tertiary/aromatic N) is 4. The fraction of sp³-hybridized carbons (Fsp3) is 0.500. The highest BCUT2D eigenvalue weighted by molar-refractivity contribution is 7.59. The predicted octanol–water partition coefficient (Wildman–Crippen LogP) is 4.29. The molecule has 0 unspecified atom stereocenters. The number of ether oxygens (including phenoxy) is 2. The van der Waals surface area contributed by atoms with Crippen LogP contribution in [0, 0.1) is 0 Å². The lowest BCUT2D eigenvalue weighted by atomic mass is 10.1. The van der Waals surface area contributed by atoms with Gasteiger partial charge in [-0.1, -0.05) is 30.7 Å². The quantitative estimate of drug-likeness (QED) is 0.207. The topological polar surface area (TPSA) is 146 Å². The molecule has 3 aromatic rings. The molecule has 37 heavy (non-hydrogen) atoms. The number of anilines is 1. The Hall–Kier alpha value is -2.56. The first-order valence-corrected chi connectivity index (χ1v) is 14.3. The van der Waals surface area contributed by atoms with Crippen LogP contribution in [0.2, 0.25) is 5.02 Å². The summed E-state index contributed by atoms with van der Waals surface area (Å²) in [7, 11) is -3.49. The molecule has 0 bridgehead atoms. The van der Waals surface area contributed by atoms with Crippen molar-refractivity contribution in [1.82, 2.24) is 29.7 Å². The van der Waals surface area contributed by atoms with E-state index in [9.17, 15) is 9.36 Å². The number of halogens is 1. The molecule has 202 valence electrons. The van der Waals surface area contributed by atoms with Crippen molar-refractivity contribution in [3.63, 3.8) is 0 Å². The normalized spacial score (nSPS) is 15.3. The fourth-order valence-electron chi connectivity index (χ4n) is 3.71. The highest BCUT2D eigenvalue weighted by Gasteiger charge is 2.38. The van der Waals surface area contributed by atoms with Crippen molar-refractivity contribution in [2.24, 2.45) is 0 Å². The van der Waals surface area contributed by atoms with Gasteiger partial charge in [0, 0.05) is 11.1 Å². The van der Waals surface area contributed by atoms with Gasteiger partial charge in [0.1, 0.15) is 23.7 Å². The number of hydrogen-bond donors (Lipinski definition) is 3. The van der Waals surface area contributed by atoms with E-state index in [4.69, 9.17) is 26.8 Å². The molecule has 0 aliphatic heterocycles. The summed E-state index contributed by atoms with van der Waals surface area (Å²) < 4.78 is 27.3. The summed E-state index contributed by atoms with van der Waals surface area (Å²) in [6.07, 6.45) is 3.13. The number of esters is 1. The maximum absolute atomic E-state index is 14.2. The lowest BCUT2D eigenvalue weighted by Gasteiger charge is -2.33. The smallest absolute Gasteiger partial charge is 0.326 e. The third kappa shape index (κ3) is 7.72. The lowest BCUT2D eigenvalue weighted by Crippen LogP contribution is -2.49. The molecular weight excluding hydrogens is 517 g/mol. The molecule has 1 aromatic carbocycles. The average Bonchev–Trinajstić information content (AvgIpc) is 3.25. The molecule has 0 amide bonds. The highest BCUT2D eigenvalue weighted by Crippen LogP contribution is 2.42. The minimum absolute atomic E-state index is 0.180. The highest BCUT2D eigenvalue weighted by atomic mass is 35.5. The number of carbonyl (C=O) groups is 1. The summed E-state index contributed by atoms with van der Waals surface area (Å²) in [6, 6.07) is 6.92. The van der Waals surface area contributed by atoms with Gasteiger partial charge >= 0.3 is 5.97 Å². The summed E-state index contributed by atoms with van der Waals surface area (Å²) >= 11 is 6.02. The molecule has 0 saturated heterocycles. The average molecular weight is 552 g/mol. The van der Waals surface area contributed by atoms with Gasteiger partial charge in [-0.05, 0) is 51.8 Å². The third-order valence-corrected chi connectivity index (χ3v) is 8.09. The number of imidazole rings is 1. The van der Waals surface area contributed by atoms with Crippen molar-refractivity contribution in [2.75, 3.05) is 18.7 Å². The van der Waals surface area contributed by atoms with E-state index in [0.29, 0.717) is 35.0 Å². The molecule has 4 N–H and O–H groups in total. The lowest BCUT2D eigenvalue weighted by molar-refractivity contribution is -0.149. The van der Waals surface area contributed by atoms with Crippen LogP contribution in [0.5, 0.6) is 0 Å². The van der Waals surface area contributed by atoms with E-state index in [2.05, 4.69) is 25.1 Å². The zero-order chi connectivity index (χ0) is 27.2. The second-order valence-electron chi connectivity index (χ2n) is 9.45. The van der Waals surface area contributed by atoms with Crippen LogP contribution in [0.25, 0.3) is 11.2 Å². The van der Waals surface area contributed by atoms with E-state index in [1.807, 2.05) is 32.9 Å². The number of aromatic nitrogens is 4. The summed E-state index contributed by atoms with van der Waals surface area (Å²) in [5.41, 5.74) is 6.62. The first-order chi connectivity index (χ1) is 17.4. The Kier molecular flexibility index (Phi) is 9.66. The first-order valence-electron chi connectivity index (χ1n) is 12.1. The summed E-state index contributed by atoms with van der Waals surface area (Å²) in [5.74, 6) is -0.200. The summed E-state index contributed by atoms with van der Waals surface area (Å²) in [5, 5.41) is 6.77. The Morgan fingerprint density at radius 3 is 2.59 bits per heavy atom. The second-order valence-corrected chi connectivity index (χ2v) is 12.1. The monoisotopic (exact) mass is 551 g/mol. The molecule has 0 radical (unpaired) electrons. The summed E-state index contributed by atoms with van der Waals surface area (Å²) in [4.78, 5) is 25.1. The number of nitrogens with one attached hydrogen (secondary N) is 2. The SMILES string of the molecule is CCCOC(=O)C(C)(C)N[P@](=O)(CO[C@H](C)Cn1cnc2c(N)ncnc21)N[C@@H](C)c1ccc(Cl)cc1. The number of benzene rings is 1. The fourth-order valence-corrected chi connectivity index (χ4v) is 6.27. The molecule has 0 aliphatic rings. The first kappa shape index (κ1) is 29.0. The number of fused-ring (bicyclic) bond motifs is 1. The molecule has 0 saturated carbocycles. The van der Waals surface area contributed by atoms with Gasteiger partial charge in [-0.15, -0.1) is 0 Å². The van der Waals surface area contributed by atoms with Gasteiger partial charge < -0.3 is 19.8 Å². The summed E-state index contributed by atoms with van der Waals surface area (Å²) in [6.45, 7) is 9.59. The molecule has 3 atom stereocenters. The molecule has 0 aliphatic carbocycles. The van der Waals surface area contributed by atoms with Crippen LogP contribution in [0.4, 0.5) is 5.82 Å². The Morgan fingerprint density at radius 2 is 1.92 bits per heavy atom. The molecule has 0 spiro atoms. The zero-order valence-corrected chi connectivity index (χ0v) is 23.4. The van der Waals surface area contributed by atoms with Gasteiger partial charge in [0.25, 0.3) is 0 Å². The van der Waals surface area contributed by atoms with Crippen LogP contribution in [0.15, 0.2) is 36.9 Å². The number of rotatable bonds is 13. The van der Waals surface area contributed by atoms with Crippen LogP contribution in [-0.2, 0) is 25.4 Å². The molecule has 13 heteroatoms. The van der Waals surface area contributed by atoms with E-state index in [0.717, 1.165) is 5.56 Å². The van der Waals surface area contributed by atoms with Crippen molar-refractivity contribution in [3.8, 4) is 0 Å². The molecule has 2 heterocycles. The maximum atomic E-state index is 14.2. The van der Waals surface area contributed by atoms with Crippen molar-refractivity contribution in [1.29, 1.82) is 0 Å². The van der Waals surface area contributed by atoms with Gasteiger partial charge in [0.05, 0.1) is 25.6 Å². The number of nitrogen functional groups attached to an aromatic ring is 1. The number of nitrogens with two attached hydrogens (primary N) is 1. The van der Waals surface area contributed by atoms with Gasteiger partial charge in [-0.25, -0.2) is 25.1 Å². The van der Waals surface area contributed by atoms with E-state index in [1.165, 1.54) is 6.33 Å². The van der Waals surface area contributed by atoms with Crippen LogP contribution >= 0.6 is 19.0 Å². The van der Waals surface area contributed by atoms with Crippen LogP contribution in [-0.4, -0.2) is 50.1 Å². The Morgan fingerprint density at radius 1 is 1.22 bits per heavy atom. The molecule has 3 rings (SSSR count). The largest absolute Gasteiger partial charge is 0.464 e. The molecule has 2 aromatic heterocycles. The van der Waals surface area contributed by atoms with Crippen LogP contribution in [0.1, 0.15) is 52.6 Å². The van der Waals surface area contributed by atoms with Crippen molar-refractivity contribution in [3.05, 3.63) is 47.5 Å². The van der Waals surface area contributed by atoms with Crippen LogP contribution in [0.3, 0.4) is 0 Å². The molecule has 0 fully saturated rings. The van der Waals surface area contributed by atoms with Crippen molar-refractivity contribution in [2.45, 2.75) is 65.3 Å². The van der Waals surface area contributed by atoms with E-state index in [-0.39, 0.29) is 25.1 Å². The maximum Gasteiger partial charge on any atom is 0.326 e. The number of hydrogen-bond acceptors (Lipinski definition) is 8. The van der Waals surface area contributed by atoms with Gasteiger partial charge in [0.15, 0.2) is 11.5 Å². The number of carbonyl (C=O) groups excluding carboxylic acids is 1. The van der Waals surface area contributed by atoms with E-state index < -0.39 is 19.0 Å². The predicted molar refractivity (Wildman–Crippen MR) is 144 cm³/mol. The van der Waals surface area contributed by atoms with Gasteiger partial charge in [-0.3, -0.25) is 9.36 Å². The molecule has 11 nitrogen and oxygen atoms in total. The minimum Gasteiger partial charge on any atom is -0.464 e. The van der Waals surface area contributed by atoms with Crippen molar-refractivity contribution < 1.29 is 18.8 Å². The minimum atomic E-state index is -3.49.